The first-order valence-corrected chi connectivity index (χ1v) is 7.88. The summed E-state index contributed by atoms with van der Waals surface area (Å²) >= 11 is 0. The molecule has 0 atom stereocenters. The number of carbonyl (C=O) groups is 1. The number of phenols is 1. The maximum atomic E-state index is 11.1. The Hall–Kier alpha value is -2.81. The number of carbonyl (C=O) groups excluding carboxylic acids is 1. The standard InChI is InChI=1S/C21H22O3/c1-4-14-21(15-5-2,17-6-10-19(23)11-7-17)18-8-12-20(13-9-18)24-16(3)22/h4-15,23H,1-3H3. The van der Waals surface area contributed by atoms with E-state index in [4.69, 9.17) is 4.74 Å². The van der Waals surface area contributed by atoms with Crippen LogP contribution in [0.2, 0.25) is 0 Å². The van der Waals surface area contributed by atoms with E-state index in [2.05, 4.69) is 12.2 Å². The number of hydrogen-bond donors (Lipinski definition) is 1. The molecule has 2 aromatic rings. The molecule has 3 heteroatoms. The molecule has 1 N–H and O–H groups in total. The minimum absolute atomic E-state index is 0.235. The highest BCUT2D eigenvalue weighted by Gasteiger charge is 2.28. The van der Waals surface area contributed by atoms with Crippen molar-refractivity contribution in [2.24, 2.45) is 0 Å². The van der Waals surface area contributed by atoms with Crippen LogP contribution in [0.4, 0.5) is 0 Å². The first kappa shape index (κ1) is 17.5. The van der Waals surface area contributed by atoms with Gasteiger partial charge in [-0.1, -0.05) is 48.6 Å². The van der Waals surface area contributed by atoms with Crippen molar-refractivity contribution in [3.63, 3.8) is 0 Å². The van der Waals surface area contributed by atoms with Gasteiger partial charge in [-0.25, -0.2) is 0 Å². The summed E-state index contributed by atoms with van der Waals surface area (Å²) in [4.78, 5) is 11.1. The Balaban J connectivity index is 2.57. The van der Waals surface area contributed by atoms with Crippen molar-refractivity contribution in [1.82, 2.24) is 0 Å². The van der Waals surface area contributed by atoms with Crippen molar-refractivity contribution in [3.05, 3.63) is 84.0 Å². The monoisotopic (exact) mass is 322 g/mol. The van der Waals surface area contributed by atoms with Crippen molar-refractivity contribution in [2.45, 2.75) is 26.2 Å². The molecule has 124 valence electrons. The van der Waals surface area contributed by atoms with E-state index in [1.54, 1.807) is 24.3 Å². The second-order valence-electron chi connectivity index (χ2n) is 5.53. The minimum Gasteiger partial charge on any atom is -0.508 e. The molecule has 0 spiro atoms. The van der Waals surface area contributed by atoms with Crippen LogP contribution < -0.4 is 4.74 Å². The van der Waals surface area contributed by atoms with Crippen LogP contribution in [0.5, 0.6) is 11.5 Å². The van der Waals surface area contributed by atoms with Crippen molar-refractivity contribution in [1.29, 1.82) is 0 Å². The van der Waals surface area contributed by atoms with Gasteiger partial charge in [-0.15, -0.1) is 0 Å². The average Bonchev–Trinajstić information content (AvgIpc) is 2.55. The molecule has 0 aromatic heterocycles. The van der Waals surface area contributed by atoms with Gasteiger partial charge in [0, 0.05) is 6.92 Å². The minimum atomic E-state index is -0.452. The van der Waals surface area contributed by atoms with E-state index in [0.717, 1.165) is 11.1 Å². The first-order valence-electron chi connectivity index (χ1n) is 7.88. The highest BCUT2D eigenvalue weighted by atomic mass is 16.5. The Labute approximate surface area is 142 Å². The fraction of sp³-hybridized carbons (Fsp3) is 0.190. The Morgan fingerprint density at radius 3 is 1.79 bits per heavy atom. The summed E-state index contributed by atoms with van der Waals surface area (Å²) in [6.45, 7) is 5.34. The van der Waals surface area contributed by atoms with Crippen LogP contribution in [0.1, 0.15) is 31.9 Å². The molecule has 0 fully saturated rings. The van der Waals surface area contributed by atoms with Crippen LogP contribution in [0, 0.1) is 0 Å². The summed E-state index contributed by atoms with van der Waals surface area (Å²) in [5.41, 5.74) is 1.63. The third-order valence-corrected chi connectivity index (χ3v) is 3.80. The fourth-order valence-corrected chi connectivity index (χ4v) is 2.83. The summed E-state index contributed by atoms with van der Waals surface area (Å²) in [5, 5.41) is 9.59. The fourth-order valence-electron chi connectivity index (χ4n) is 2.83. The van der Waals surface area contributed by atoms with Crippen LogP contribution in [-0.2, 0) is 10.2 Å². The second-order valence-corrected chi connectivity index (χ2v) is 5.53. The number of esters is 1. The summed E-state index contributed by atoms with van der Waals surface area (Å²) in [7, 11) is 0. The van der Waals surface area contributed by atoms with Crippen LogP contribution in [-0.4, -0.2) is 11.1 Å². The summed E-state index contributed by atoms with van der Waals surface area (Å²) in [6.07, 6.45) is 8.24. The molecule has 24 heavy (non-hydrogen) atoms. The lowest BCUT2D eigenvalue weighted by atomic mass is 9.74. The lowest BCUT2D eigenvalue weighted by molar-refractivity contribution is -0.131. The van der Waals surface area contributed by atoms with Crippen molar-refractivity contribution < 1.29 is 14.6 Å². The molecule has 0 heterocycles. The third-order valence-electron chi connectivity index (χ3n) is 3.80. The van der Waals surface area contributed by atoms with Crippen molar-refractivity contribution >= 4 is 5.97 Å². The quantitative estimate of drug-likeness (QED) is 0.490. The Kier molecular flexibility index (Phi) is 5.59. The maximum absolute atomic E-state index is 11.1. The second kappa shape index (κ2) is 7.64. The summed E-state index contributed by atoms with van der Waals surface area (Å²) < 4.78 is 5.12. The number of rotatable bonds is 5. The molecule has 2 rings (SSSR count). The Morgan fingerprint density at radius 1 is 0.917 bits per heavy atom. The number of benzene rings is 2. The molecule has 0 radical (unpaired) electrons. The van der Waals surface area contributed by atoms with Crippen molar-refractivity contribution in [2.75, 3.05) is 0 Å². The third kappa shape index (κ3) is 3.74. The topological polar surface area (TPSA) is 46.5 Å². The molecule has 0 saturated carbocycles. The van der Waals surface area contributed by atoms with Gasteiger partial charge in [-0.05, 0) is 49.2 Å². The molecule has 0 unspecified atom stereocenters. The van der Waals surface area contributed by atoms with E-state index < -0.39 is 5.41 Å². The highest BCUT2D eigenvalue weighted by Crippen LogP contribution is 2.37. The molecule has 0 aliphatic rings. The van der Waals surface area contributed by atoms with Gasteiger partial charge in [0.15, 0.2) is 0 Å². The van der Waals surface area contributed by atoms with Gasteiger partial charge in [0.25, 0.3) is 0 Å². The number of aromatic hydroxyl groups is 1. The van der Waals surface area contributed by atoms with Gasteiger partial charge >= 0.3 is 5.97 Å². The zero-order valence-corrected chi connectivity index (χ0v) is 14.2. The Bertz CT molecular complexity index is 726. The SMILES string of the molecule is CC=CC(C=CC)(c1ccc(O)cc1)c1ccc(OC(C)=O)cc1. The highest BCUT2D eigenvalue weighted by molar-refractivity contribution is 5.69. The predicted molar refractivity (Wildman–Crippen MR) is 96.3 cm³/mol. The summed E-state index contributed by atoms with van der Waals surface area (Å²) in [5.74, 6) is 0.417. The zero-order chi connectivity index (χ0) is 17.6. The normalized spacial score (nSPS) is 14.0. The molecular formula is C21H22O3. The molecule has 2 aromatic carbocycles. The maximum Gasteiger partial charge on any atom is 0.308 e. The predicted octanol–water partition coefficient (Wildman–Crippen LogP) is 4.76. The molecule has 0 amide bonds. The van der Waals surface area contributed by atoms with Crippen LogP contribution in [0.3, 0.4) is 0 Å². The lowest BCUT2D eigenvalue weighted by Gasteiger charge is -2.29. The van der Waals surface area contributed by atoms with Gasteiger partial charge in [0.05, 0.1) is 5.41 Å². The van der Waals surface area contributed by atoms with Crippen LogP contribution in [0.15, 0.2) is 72.8 Å². The van der Waals surface area contributed by atoms with Crippen LogP contribution in [0.25, 0.3) is 0 Å². The molecular weight excluding hydrogens is 300 g/mol. The van der Waals surface area contributed by atoms with Gasteiger partial charge in [0.1, 0.15) is 11.5 Å². The summed E-state index contributed by atoms with van der Waals surface area (Å²) in [6, 6.07) is 14.7. The van der Waals surface area contributed by atoms with E-state index in [1.165, 1.54) is 6.92 Å². The zero-order valence-electron chi connectivity index (χ0n) is 14.2. The van der Waals surface area contributed by atoms with Gasteiger partial charge < -0.3 is 9.84 Å². The molecule has 0 aliphatic heterocycles. The van der Waals surface area contributed by atoms with Gasteiger partial charge in [0.2, 0.25) is 0 Å². The molecule has 0 aliphatic carbocycles. The molecule has 3 nitrogen and oxygen atoms in total. The first-order chi connectivity index (χ1) is 11.5. The van der Waals surface area contributed by atoms with Crippen LogP contribution >= 0.6 is 0 Å². The van der Waals surface area contributed by atoms with E-state index in [0.29, 0.717) is 5.75 Å². The number of ether oxygens (including phenoxy) is 1. The lowest BCUT2D eigenvalue weighted by Crippen LogP contribution is -2.22. The van der Waals surface area contributed by atoms with E-state index >= 15 is 0 Å². The van der Waals surface area contributed by atoms with Gasteiger partial charge in [-0.3, -0.25) is 4.79 Å². The number of allylic oxidation sites excluding steroid dienone is 4. The van der Waals surface area contributed by atoms with E-state index in [-0.39, 0.29) is 11.7 Å². The Morgan fingerprint density at radius 2 is 1.38 bits per heavy atom. The number of hydrogen-bond acceptors (Lipinski definition) is 3. The largest absolute Gasteiger partial charge is 0.508 e. The molecule has 0 saturated heterocycles. The smallest absolute Gasteiger partial charge is 0.308 e. The van der Waals surface area contributed by atoms with E-state index in [9.17, 15) is 9.90 Å². The average molecular weight is 322 g/mol. The number of phenolic OH excluding ortho intramolecular Hbond substituents is 1. The van der Waals surface area contributed by atoms with Crippen molar-refractivity contribution in [3.8, 4) is 11.5 Å². The van der Waals surface area contributed by atoms with E-state index in [1.807, 2.05) is 50.3 Å². The van der Waals surface area contributed by atoms with Gasteiger partial charge in [-0.2, -0.15) is 0 Å². The molecule has 0 bridgehead atoms.